The molecule has 21 heavy (non-hydrogen) atoms. The fourth-order valence-electron chi connectivity index (χ4n) is 2.49. The van der Waals surface area contributed by atoms with E-state index in [-0.39, 0.29) is 18.7 Å². The summed E-state index contributed by atoms with van der Waals surface area (Å²) in [4.78, 5) is 18.1. The largest absolute Gasteiger partial charge is 0.445 e. The third-order valence-corrected chi connectivity index (χ3v) is 3.52. The first kappa shape index (κ1) is 13.6. The van der Waals surface area contributed by atoms with E-state index in [1.807, 2.05) is 30.3 Å². The van der Waals surface area contributed by atoms with E-state index in [0.29, 0.717) is 18.3 Å². The van der Waals surface area contributed by atoms with Crippen molar-refractivity contribution >= 4 is 6.09 Å². The van der Waals surface area contributed by atoms with Gasteiger partial charge in [0.25, 0.3) is 0 Å². The Hall–Kier alpha value is -2.37. The molecule has 0 spiro atoms. The number of ether oxygens (including phenoxy) is 1. The van der Waals surface area contributed by atoms with Gasteiger partial charge in [0.1, 0.15) is 12.6 Å². The fraction of sp³-hybridized carbons (Fsp3) is 0.400. The highest BCUT2D eigenvalue weighted by atomic mass is 16.6. The topological polar surface area (TPSA) is 68.5 Å². The van der Waals surface area contributed by atoms with Crippen LogP contribution in [-0.4, -0.2) is 27.7 Å². The van der Waals surface area contributed by atoms with E-state index in [9.17, 15) is 4.79 Å². The van der Waals surface area contributed by atoms with Gasteiger partial charge in [0.2, 0.25) is 5.89 Å². The van der Waals surface area contributed by atoms with E-state index in [1.165, 1.54) is 0 Å². The maximum absolute atomic E-state index is 12.2. The molecule has 3 rings (SSSR count). The van der Waals surface area contributed by atoms with Gasteiger partial charge in [0.15, 0.2) is 5.82 Å². The number of aromatic nitrogens is 2. The Kier molecular flexibility index (Phi) is 3.85. The minimum atomic E-state index is -0.336. The molecule has 6 nitrogen and oxygen atoms in total. The Morgan fingerprint density at radius 1 is 1.43 bits per heavy atom. The van der Waals surface area contributed by atoms with Gasteiger partial charge in [-0.05, 0) is 25.3 Å². The Labute approximate surface area is 122 Å². The van der Waals surface area contributed by atoms with Crippen LogP contribution < -0.4 is 0 Å². The van der Waals surface area contributed by atoms with Gasteiger partial charge in [0.05, 0.1) is 0 Å². The van der Waals surface area contributed by atoms with Crippen molar-refractivity contribution in [3.8, 4) is 0 Å². The second-order valence-corrected chi connectivity index (χ2v) is 5.07. The quantitative estimate of drug-likeness (QED) is 0.868. The number of nitrogens with zero attached hydrogens (tertiary/aromatic N) is 3. The van der Waals surface area contributed by atoms with Crippen LogP contribution in [0.2, 0.25) is 0 Å². The average molecular weight is 287 g/mol. The molecule has 0 bridgehead atoms. The SMILES string of the molecule is Cc1noc([C@H]2CCCN2C(=O)OCc2ccccc2)n1. The number of carbonyl (C=O) groups is 1. The minimum absolute atomic E-state index is 0.172. The molecule has 1 aliphatic heterocycles. The second kappa shape index (κ2) is 5.95. The Morgan fingerprint density at radius 3 is 2.95 bits per heavy atom. The number of rotatable bonds is 3. The Morgan fingerprint density at radius 2 is 2.24 bits per heavy atom. The molecule has 1 amide bonds. The number of amides is 1. The lowest BCUT2D eigenvalue weighted by Gasteiger charge is -2.21. The second-order valence-electron chi connectivity index (χ2n) is 5.07. The molecule has 1 aliphatic rings. The van der Waals surface area contributed by atoms with E-state index in [2.05, 4.69) is 10.1 Å². The zero-order valence-corrected chi connectivity index (χ0v) is 11.9. The first-order valence-electron chi connectivity index (χ1n) is 7.01. The summed E-state index contributed by atoms with van der Waals surface area (Å²) in [5.41, 5.74) is 0.968. The van der Waals surface area contributed by atoms with Gasteiger partial charge in [-0.25, -0.2) is 4.79 Å². The van der Waals surface area contributed by atoms with Crippen LogP contribution in [0.1, 0.15) is 36.2 Å². The van der Waals surface area contributed by atoms with Crippen molar-refractivity contribution in [3.05, 3.63) is 47.6 Å². The first-order valence-corrected chi connectivity index (χ1v) is 7.01. The molecule has 1 aromatic heterocycles. The lowest BCUT2D eigenvalue weighted by atomic mass is 10.2. The summed E-state index contributed by atoms with van der Waals surface area (Å²) in [6.07, 6.45) is 1.39. The lowest BCUT2D eigenvalue weighted by Crippen LogP contribution is -2.31. The highest BCUT2D eigenvalue weighted by molar-refractivity contribution is 5.68. The highest BCUT2D eigenvalue weighted by Gasteiger charge is 2.34. The van der Waals surface area contributed by atoms with E-state index >= 15 is 0 Å². The molecule has 1 atom stereocenters. The number of aryl methyl sites for hydroxylation is 1. The first-order chi connectivity index (χ1) is 10.2. The van der Waals surface area contributed by atoms with E-state index < -0.39 is 0 Å². The predicted octanol–water partition coefficient (Wildman–Crippen LogP) is 2.85. The number of hydrogen-bond donors (Lipinski definition) is 0. The average Bonchev–Trinajstić information content (AvgIpc) is 3.14. The summed E-state index contributed by atoms with van der Waals surface area (Å²) in [6, 6.07) is 9.45. The predicted molar refractivity (Wildman–Crippen MR) is 74.3 cm³/mol. The Bertz CT molecular complexity index is 612. The third-order valence-electron chi connectivity index (χ3n) is 3.52. The van der Waals surface area contributed by atoms with E-state index in [0.717, 1.165) is 18.4 Å². The molecule has 1 fully saturated rings. The van der Waals surface area contributed by atoms with E-state index in [4.69, 9.17) is 9.26 Å². The van der Waals surface area contributed by atoms with Crippen molar-refractivity contribution in [2.24, 2.45) is 0 Å². The molecule has 0 unspecified atom stereocenters. The monoisotopic (exact) mass is 287 g/mol. The molecular formula is C15H17N3O3. The summed E-state index contributed by atoms with van der Waals surface area (Å²) in [6.45, 7) is 2.69. The fourth-order valence-corrected chi connectivity index (χ4v) is 2.49. The van der Waals surface area contributed by atoms with Gasteiger partial charge < -0.3 is 9.26 Å². The number of likely N-dealkylation sites (tertiary alicyclic amines) is 1. The van der Waals surface area contributed by atoms with Crippen LogP contribution >= 0.6 is 0 Å². The molecule has 2 heterocycles. The lowest BCUT2D eigenvalue weighted by molar-refractivity contribution is 0.0865. The Balaban J connectivity index is 1.63. The van der Waals surface area contributed by atoms with Crippen LogP contribution in [-0.2, 0) is 11.3 Å². The molecule has 0 radical (unpaired) electrons. The van der Waals surface area contributed by atoms with Crippen molar-refractivity contribution in [1.82, 2.24) is 15.0 Å². The molecule has 110 valence electrons. The van der Waals surface area contributed by atoms with Crippen molar-refractivity contribution in [2.75, 3.05) is 6.54 Å². The standard InChI is InChI=1S/C15H17N3O3/c1-11-16-14(21-17-11)13-8-5-9-18(13)15(19)20-10-12-6-3-2-4-7-12/h2-4,6-7,13H,5,8-10H2,1H3/t13-/m1/s1. The molecule has 2 aromatic rings. The minimum Gasteiger partial charge on any atom is -0.445 e. The van der Waals surface area contributed by atoms with Gasteiger partial charge in [-0.15, -0.1) is 0 Å². The molecule has 6 heteroatoms. The van der Waals surface area contributed by atoms with Gasteiger partial charge >= 0.3 is 6.09 Å². The summed E-state index contributed by atoms with van der Waals surface area (Å²) in [5.74, 6) is 1.07. The number of carbonyl (C=O) groups excluding carboxylic acids is 1. The highest BCUT2D eigenvalue weighted by Crippen LogP contribution is 2.31. The summed E-state index contributed by atoms with van der Waals surface area (Å²) in [5, 5.41) is 3.78. The number of benzene rings is 1. The van der Waals surface area contributed by atoms with Crippen LogP contribution in [0.25, 0.3) is 0 Å². The van der Waals surface area contributed by atoms with Gasteiger partial charge in [-0.1, -0.05) is 35.5 Å². The number of hydrogen-bond acceptors (Lipinski definition) is 5. The van der Waals surface area contributed by atoms with Crippen LogP contribution in [0.5, 0.6) is 0 Å². The molecular weight excluding hydrogens is 270 g/mol. The van der Waals surface area contributed by atoms with Gasteiger partial charge in [0, 0.05) is 6.54 Å². The maximum Gasteiger partial charge on any atom is 0.410 e. The van der Waals surface area contributed by atoms with E-state index in [1.54, 1.807) is 11.8 Å². The van der Waals surface area contributed by atoms with Crippen molar-refractivity contribution < 1.29 is 14.1 Å². The molecule has 0 saturated carbocycles. The van der Waals surface area contributed by atoms with Gasteiger partial charge in [-0.3, -0.25) is 4.90 Å². The zero-order valence-electron chi connectivity index (χ0n) is 11.9. The molecule has 1 aromatic carbocycles. The molecule has 0 N–H and O–H groups in total. The van der Waals surface area contributed by atoms with Crippen LogP contribution in [0, 0.1) is 6.92 Å². The van der Waals surface area contributed by atoms with Crippen molar-refractivity contribution in [1.29, 1.82) is 0 Å². The zero-order chi connectivity index (χ0) is 14.7. The van der Waals surface area contributed by atoms with Gasteiger partial charge in [-0.2, -0.15) is 4.98 Å². The maximum atomic E-state index is 12.2. The molecule has 0 aliphatic carbocycles. The summed E-state index contributed by atoms with van der Waals surface area (Å²) >= 11 is 0. The van der Waals surface area contributed by atoms with Crippen LogP contribution in [0.3, 0.4) is 0 Å². The van der Waals surface area contributed by atoms with Crippen molar-refractivity contribution in [3.63, 3.8) is 0 Å². The summed E-state index contributed by atoms with van der Waals surface area (Å²) in [7, 11) is 0. The summed E-state index contributed by atoms with van der Waals surface area (Å²) < 4.78 is 10.5. The van der Waals surface area contributed by atoms with Crippen LogP contribution in [0.15, 0.2) is 34.9 Å². The third kappa shape index (κ3) is 3.04. The molecule has 1 saturated heterocycles. The smallest absolute Gasteiger partial charge is 0.410 e. The van der Waals surface area contributed by atoms with Crippen molar-refractivity contribution in [2.45, 2.75) is 32.4 Å². The normalized spacial score (nSPS) is 18.0. The van der Waals surface area contributed by atoms with Crippen LogP contribution in [0.4, 0.5) is 4.79 Å².